The predicted octanol–water partition coefficient (Wildman–Crippen LogP) is 4.99. The van der Waals surface area contributed by atoms with Gasteiger partial charge in [0.25, 0.3) is 5.91 Å². The van der Waals surface area contributed by atoms with Gasteiger partial charge >= 0.3 is 7.52 Å². The Morgan fingerprint density at radius 3 is 2.38 bits per heavy atom. The minimum Gasteiger partial charge on any atom is -0.509 e. The van der Waals surface area contributed by atoms with E-state index in [0.717, 1.165) is 24.8 Å². The zero-order valence-corrected chi connectivity index (χ0v) is 27.8. The average molecular weight is 626 g/mol. The number of amidine groups is 1. The van der Waals surface area contributed by atoms with Crippen molar-refractivity contribution in [2.45, 2.75) is 86.1 Å². The maximum Gasteiger partial charge on any atom is 0.348 e. The Balaban J connectivity index is 1.95. The molecule has 0 aromatic heterocycles. The molecule has 42 heavy (non-hydrogen) atoms. The van der Waals surface area contributed by atoms with Crippen LogP contribution >= 0.6 is 7.52 Å². The van der Waals surface area contributed by atoms with Crippen LogP contribution in [0.1, 0.15) is 79.2 Å². The Kier molecular flexibility index (Phi) is 10.8. The lowest BCUT2D eigenvalue weighted by atomic mass is 9.84. The summed E-state index contributed by atoms with van der Waals surface area (Å²) in [5.41, 5.74) is 0.878. The molecule has 0 spiro atoms. The van der Waals surface area contributed by atoms with Crippen LogP contribution in [0.25, 0.3) is 0 Å². The number of sulfone groups is 1. The summed E-state index contributed by atoms with van der Waals surface area (Å²) in [5, 5.41) is 24.3. The van der Waals surface area contributed by atoms with Crippen molar-refractivity contribution < 1.29 is 32.5 Å². The maximum absolute atomic E-state index is 14.3. The predicted molar refractivity (Wildman–Crippen MR) is 168 cm³/mol. The third-order valence-electron chi connectivity index (χ3n) is 7.36. The number of rotatable bonds is 13. The lowest BCUT2D eigenvalue weighted by molar-refractivity contribution is -0.128. The van der Waals surface area contributed by atoms with Gasteiger partial charge in [0.2, 0.25) is 0 Å². The van der Waals surface area contributed by atoms with Gasteiger partial charge in [-0.3, -0.25) is 9.36 Å². The third kappa shape index (κ3) is 8.68. The molecule has 0 radical (unpaired) electrons. The number of aliphatic hydroxyl groups is 2. The second-order valence-corrected chi connectivity index (χ2v) is 17.9. The van der Waals surface area contributed by atoms with Crippen LogP contribution < -0.4 is 10.6 Å². The molecular formula is C30H48N3O7PS. The highest BCUT2D eigenvalue weighted by Crippen LogP contribution is 2.53. The number of nitrogens with zero attached hydrogens (tertiary/aromatic N) is 2. The first kappa shape index (κ1) is 34.3. The highest BCUT2D eigenvalue weighted by Gasteiger charge is 2.48. The van der Waals surface area contributed by atoms with E-state index in [4.69, 9.17) is 4.52 Å². The van der Waals surface area contributed by atoms with Crippen LogP contribution in [0.5, 0.6) is 0 Å². The normalized spacial score (nSPS) is 21.4. The summed E-state index contributed by atoms with van der Waals surface area (Å²) in [6.07, 6.45) is 4.96. The molecule has 2 heterocycles. The van der Waals surface area contributed by atoms with Crippen LogP contribution in [-0.2, 0) is 30.1 Å². The quantitative estimate of drug-likeness (QED) is 0.205. The lowest BCUT2D eigenvalue weighted by Gasteiger charge is -2.36. The highest BCUT2D eigenvalue weighted by atomic mass is 32.2. The molecule has 0 saturated carbocycles. The Hall–Kier alpha value is -2.20. The standard InChI is InChI=1S/C30H48N3O7PS/c1-29(2,3)15-16-33-26(30(4,5)6)25(35)24(28(33)36)27-31-22-14-13-21(12-9-8-10-19-42(7,38)39)20-23(22)41(37,32-27)40-18-11-17-34/h13-14,20,26,34-35H,8-12,15-19H2,1-7H3,(H,31,32,37)/t26-,41?/m1/s1. The number of carbonyl (C=O) groups excluding carboxylic acids is 1. The van der Waals surface area contributed by atoms with Crippen molar-refractivity contribution in [3.05, 3.63) is 35.1 Å². The third-order valence-corrected chi connectivity index (χ3v) is 10.4. The van der Waals surface area contributed by atoms with E-state index in [1.54, 1.807) is 17.0 Å². The lowest BCUT2D eigenvalue weighted by Crippen LogP contribution is -2.45. The minimum absolute atomic E-state index is 0.00101. The minimum atomic E-state index is -3.89. The molecule has 12 heteroatoms. The van der Waals surface area contributed by atoms with Crippen molar-refractivity contribution in [3.63, 3.8) is 0 Å². The second-order valence-electron chi connectivity index (χ2n) is 13.6. The molecule has 1 aromatic rings. The summed E-state index contributed by atoms with van der Waals surface area (Å²) in [6, 6.07) is 4.86. The summed E-state index contributed by atoms with van der Waals surface area (Å²) in [5.74, 6) is -0.321. The molecule has 0 saturated heterocycles. The summed E-state index contributed by atoms with van der Waals surface area (Å²) >= 11 is 0. The molecule has 3 rings (SSSR count). The number of nitrogens with one attached hydrogen (secondary N) is 1. The number of fused-ring (bicyclic) bond motifs is 1. The van der Waals surface area contributed by atoms with Crippen LogP contribution in [0.3, 0.4) is 0 Å². The van der Waals surface area contributed by atoms with Gasteiger partial charge in [-0.1, -0.05) is 54.0 Å². The van der Waals surface area contributed by atoms with Crippen molar-refractivity contribution in [3.8, 4) is 0 Å². The van der Waals surface area contributed by atoms with Crippen molar-refractivity contribution in [1.82, 2.24) is 4.90 Å². The summed E-state index contributed by atoms with van der Waals surface area (Å²) in [7, 11) is -6.89. The number of hydrogen-bond acceptors (Lipinski definition) is 8. The van der Waals surface area contributed by atoms with Crippen LogP contribution in [0.2, 0.25) is 0 Å². The maximum atomic E-state index is 14.3. The Labute approximate surface area is 251 Å². The molecule has 0 fully saturated rings. The van der Waals surface area contributed by atoms with Crippen molar-refractivity contribution in [1.29, 1.82) is 0 Å². The molecule has 1 unspecified atom stereocenters. The molecular weight excluding hydrogens is 577 g/mol. The van der Waals surface area contributed by atoms with Gasteiger partial charge in [0.15, 0.2) is 5.84 Å². The van der Waals surface area contributed by atoms with Crippen LogP contribution in [-0.4, -0.2) is 73.1 Å². The first-order chi connectivity index (χ1) is 19.4. The zero-order valence-electron chi connectivity index (χ0n) is 26.1. The summed E-state index contributed by atoms with van der Waals surface area (Å²) in [6.45, 7) is 12.5. The van der Waals surface area contributed by atoms with Gasteiger partial charge in [-0.15, -0.1) is 0 Å². The van der Waals surface area contributed by atoms with E-state index in [9.17, 15) is 28.0 Å². The fourth-order valence-electron chi connectivity index (χ4n) is 5.19. The van der Waals surface area contributed by atoms with Crippen molar-refractivity contribution in [2.75, 3.05) is 37.1 Å². The molecule has 1 aromatic carbocycles. The number of aliphatic hydroxyl groups excluding tert-OH is 2. The number of amides is 1. The van der Waals surface area contributed by atoms with Crippen molar-refractivity contribution >= 4 is 40.1 Å². The van der Waals surface area contributed by atoms with E-state index in [2.05, 4.69) is 30.9 Å². The van der Waals surface area contributed by atoms with Crippen molar-refractivity contribution in [2.24, 2.45) is 15.6 Å². The topological polar surface area (TPSA) is 146 Å². The number of anilines is 1. The first-order valence-electron chi connectivity index (χ1n) is 14.6. The molecule has 2 aliphatic rings. The van der Waals surface area contributed by atoms with Gasteiger partial charge in [-0.05, 0) is 60.6 Å². The van der Waals surface area contributed by atoms with Gasteiger partial charge < -0.3 is 25.0 Å². The largest absolute Gasteiger partial charge is 0.509 e. The molecule has 0 bridgehead atoms. The van der Waals surface area contributed by atoms with Gasteiger partial charge in [-0.25, -0.2) is 8.42 Å². The first-order valence-corrected chi connectivity index (χ1v) is 18.3. The molecule has 236 valence electrons. The number of unbranched alkanes of at least 4 members (excludes halogenated alkanes) is 2. The zero-order chi connectivity index (χ0) is 31.5. The smallest absolute Gasteiger partial charge is 0.348 e. The molecule has 1 amide bonds. The Morgan fingerprint density at radius 2 is 1.79 bits per heavy atom. The van der Waals surface area contributed by atoms with Crippen LogP contribution in [0, 0.1) is 10.8 Å². The van der Waals surface area contributed by atoms with Gasteiger partial charge in [-0.2, -0.15) is 4.76 Å². The number of carbonyl (C=O) groups is 1. The van der Waals surface area contributed by atoms with Gasteiger partial charge in [0.1, 0.15) is 21.2 Å². The van der Waals surface area contributed by atoms with Crippen LogP contribution in [0.4, 0.5) is 5.69 Å². The molecule has 2 aliphatic heterocycles. The molecule has 0 aliphatic carbocycles. The van der Waals surface area contributed by atoms with Gasteiger partial charge in [0.05, 0.1) is 23.6 Å². The molecule has 2 atom stereocenters. The fourth-order valence-corrected chi connectivity index (χ4v) is 7.77. The SMILES string of the molecule is CC(C)(C)CCN1C(=O)C(C2=NP(=O)(OCCCO)c3cc(CCCCCS(C)(=O)=O)ccc3N2)=C(O)[C@@H]1C(C)(C)C. The molecule has 3 N–H and O–H groups in total. The van der Waals surface area contributed by atoms with E-state index >= 15 is 0 Å². The average Bonchev–Trinajstić information content (AvgIpc) is 3.11. The molecule has 10 nitrogen and oxygen atoms in total. The number of hydrogen-bond donors (Lipinski definition) is 3. The fraction of sp³-hybridized carbons (Fsp3) is 0.667. The van der Waals surface area contributed by atoms with Crippen LogP contribution in [0.15, 0.2) is 34.3 Å². The van der Waals surface area contributed by atoms with Gasteiger partial charge in [0, 0.05) is 25.2 Å². The number of benzene rings is 1. The second kappa shape index (κ2) is 13.2. The highest BCUT2D eigenvalue weighted by molar-refractivity contribution is 7.90. The van der Waals surface area contributed by atoms with E-state index in [1.807, 2.05) is 26.8 Å². The Bertz CT molecular complexity index is 1370. The van der Waals surface area contributed by atoms with E-state index in [0.29, 0.717) is 30.4 Å². The summed E-state index contributed by atoms with van der Waals surface area (Å²) in [4.78, 5) is 15.5. The van der Waals surface area contributed by atoms with E-state index < -0.39 is 28.8 Å². The number of aryl methyl sites for hydroxylation is 1. The Morgan fingerprint density at radius 1 is 1.10 bits per heavy atom. The monoisotopic (exact) mass is 625 g/mol. The van der Waals surface area contributed by atoms with E-state index in [-0.39, 0.29) is 53.9 Å². The van der Waals surface area contributed by atoms with E-state index in [1.165, 1.54) is 6.26 Å². The summed E-state index contributed by atoms with van der Waals surface area (Å²) < 4.78 is 47.4.